The second-order valence-corrected chi connectivity index (χ2v) is 6.09. The fourth-order valence-corrected chi connectivity index (χ4v) is 3.13. The third-order valence-electron chi connectivity index (χ3n) is 4.37. The van der Waals surface area contributed by atoms with E-state index in [9.17, 15) is 0 Å². The van der Waals surface area contributed by atoms with Gasteiger partial charge in [-0.3, -0.25) is 0 Å². The predicted molar refractivity (Wildman–Crippen MR) is 106 cm³/mol. The van der Waals surface area contributed by atoms with Gasteiger partial charge in [-0.1, -0.05) is 60.7 Å². The SMILES string of the molecule is Cc1ccccc1-c1c(Nc2ccccc2)ccn1-c1ccccc1. The first-order valence-electron chi connectivity index (χ1n) is 8.48. The van der Waals surface area contributed by atoms with Gasteiger partial charge < -0.3 is 9.88 Å². The van der Waals surface area contributed by atoms with E-state index < -0.39 is 0 Å². The summed E-state index contributed by atoms with van der Waals surface area (Å²) in [6, 6.07) is 31.4. The highest BCUT2D eigenvalue weighted by atomic mass is 15.0. The van der Waals surface area contributed by atoms with Crippen molar-refractivity contribution >= 4 is 11.4 Å². The molecule has 25 heavy (non-hydrogen) atoms. The van der Waals surface area contributed by atoms with Crippen LogP contribution in [0.1, 0.15) is 5.56 Å². The highest BCUT2D eigenvalue weighted by Crippen LogP contribution is 2.35. The molecule has 0 fully saturated rings. The number of benzene rings is 3. The van der Waals surface area contributed by atoms with E-state index in [4.69, 9.17) is 0 Å². The molecule has 4 rings (SSSR count). The molecule has 3 aromatic carbocycles. The third kappa shape index (κ3) is 3.07. The lowest BCUT2D eigenvalue weighted by Gasteiger charge is -2.15. The molecule has 0 amide bonds. The maximum atomic E-state index is 3.57. The molecule has 0 unspecified atom stereocenters. The van der Waals surface area contributed by atoms with Gasteiger partial charge in [-0.05, 0) is 42.8 Å². The summed E-state index contributed by atoms with van der Waals surface area (Å²) in [7, 11) is 0. The molecule has 0 saturated heterocycles. The number of aryl methyl sites for hydroxylation is 1. The lowest BCUT2D eigenvalue weighted by atomic mass is 10.0. The van der Waals surface area contributed by atoms with E-state index in [0.29, 0.717) is 0 Å². The normalized spacial score (nSPS) is 10.6. The van der Waals surface area contributed by atoms with E-state index in [0.717, 1.165) is 17.1 Å². The molecular formula is C23H20N2. The molecule has 2 nitrogen and oxygen atoms in total. The molecule has 0 atom stereocenters. The van der Waals surface area contributed by atoms with Crippen LogP contribution in [0.3, 0.4) is 0 Å². The van der Waals surface area contributed by atoms with Crippen LogP contribution in [0.5, 0.6) is 0 Å². The van der Waals surface area contributed by atoms with Gasteiger partial charge in [0.2, 0.25) is 0 Å². The van der Waals surface area contributed by atoms with Crippen molar-refractivity contribution in [3.8, 4) is 16.9 Å². The molecule has 122 valence electrons. The second kappa shape index (κ2) is 6.70. The molecule has 0 aliphatic heterocycles. The average Bonchev–Trinajstić information content (AvgIpc) is 3.07. The molecule has 4 aromatic rings. The Bertz CT molecular complexity index is 969. The zero-order valence-corrected chi connectivity index (χ0v) is 14.2. The van der Waals surface area contributed by atoms with Gasteiger partial charge >= 0.3 is 0 Å². The maximum Gasteiger partial charge on any atom is 0.0767 e. The minimum absolute atomic E-state index is 1.09. The van der Waals surface area contributed by atoms with Gasteiger partial charge in [-0.25, -0.2) is 0 Å². The molecule has 1 N–H and O–H groups in total. The summed E-state index contributed by atoms with van der Waals surface area (Å²) in [6.07, 6.45) is 2.13. The van der Waals surface area contributed by atoms with Crippen molar-refractivity contribution in [1.82, 2.24) is 4.57 Å². The Morgan fingerprint density at radius 2 is 1.32 bits per heavy atom. The first-order chi connectivity index (χ1) is 12.3. The number of nitrogens with zero attached hydrogens (tertiary/aromatic N) is 1. The third-order valence-corrected chi connectivity index (χ3v) is 4.37. The van der Waals surface area contributed by atoms with Gasteiger partial charge in [0.1, 0.15) is 0 Å². The predicted octanol–water partition coefficient (Wildman–Crippen LogP) is 6.20. The Hall–Kier alpha value is -3.26. The van der Waals surface area contributed by atoms with Crippen LogP contribution < -0.4 is 5.32 Å². The van der Waals surface area contributed by atoms with Gasteiger partial charge in [0.15, 0.2) is 0 Å². The van der Waals surface area contributed by atoms with Crippen molar-refractivity contribution in [2.45, 2.75) is 6.92 Å². The molecule has 1 aromatic heterocycles. The van der Waals surface area contributed by atoms with Crippen LogP contribution >= 0.6 is 0 Å². The number of hydrogen-bond donors (Lipinski definition) is 1. The van der Waals surface area contributed by atoms with E-state index in [2.05, 4.69) is 89.7 Å². The molecule has 0 aliphatic rings. The molecule has 0 saturated carbocycles. The second-order valence-electron chi connectivity index (χ2n) is 6.09. The largest absolute Gasteiger partial charge is 0.354 e. The Morgan fingerprint density at radius 3 is 2.04 bits per heavy atom. The molecule has 0 radical (unpaired) electrons. The van der Waals surface area contributed by atoms with Crippen LogP contribution in [0.4, 0.5) is 11.4 Å². The highest BCUT2D eigenvalue weighted by molar-refractivity contribution is 5.82. The first kappa shape index (κ1) is 15.3. The fraction of sp³-hybridized carbons (Fsp3) is 0.0435. The fourth-order valence-electron chi connectivity index (χ4n) is 3.13. The van der Waals surface area contributed by atoms with Crippen LogP contribution in [0.2, 0.25) is 0 Å². The van der Waals surface area contributed by atoms with Crippen LogP contribution in [0, 0.1) is 6.92 Å². The van der Waals surface area contributed by atoms with Crippen LogP contribution in [0.15, 0.2) is 97.2 Å². The van der Waals surface area contributed by atoms with Gasteiger partial charge in [0.05, 0.1) is 11.4 Å². The maximum absolute atomic E-state index is 3.57. The van der Waals surface area contributed by atoms with Gasteiger partial charge in [-0.2, -0.15) is 0 Å². The van der Waals surface area contributed by atoms with Gasteiger partial charge in [0.25, 0.3) is 0 Å². The minimum Gasteiger partial charge on any atom is -0.354 e. The van der Waals surface area contributed by atoms with Crippen molar-refractivity contribution in [2.24, 2.45) is 0 Å². The van der Waals surface area contributed by atoms with E-state index >= 15 is 0 Å². The first-order valence-corrected chi connectivity index (χ1v) is 8.48. The van der Waals surface area contributed by atoms with E-state index in [1.807, 2.05) is 24.3 Å². The quantitative estimate of drug-likeness (QED) is 0.473. The summed E-state index contributed by atoms with van der Waals surface area (Å²) in [6.45, 7) is 2.16. The molecule has 2 heteroatoms. The number of nitrogens with one attached hydrogen (secondary N) is 1. The van der Waals surface area contributed by atoms with Gasteiger partial charge in [-0.15, -0.1) is 0 Å². The Labute approximate surface area is 148 Å². The Kier molecular flexibility index (Phi) is 4.09. The smallest absolute Gasteiger partial charge is 0.0767 e. The van der Waals surface area contributed by atoms with E-state index in [1.165, 1.54) is 16.8 Å². The number of anilines is 2. The van der Waals surface area contributed by atoms with Crippen LogP contribution in [-0.2, 0) is 0 Å². The summed E-state index contributed by atoms with van der Waals surface area (Å²) in [4.78, 5) is 0. The molecule has 0 bridgehead atoms. The monoisotopic (exact) mass is 324 g/mol. The lowest BCUT2D eigenvalue weighted by molar-refractivity contribution is 1.08. The zero-order chi connectivity index (χ0) is 17.1. The average molecular weight is 324 g/mol. The van der Waals surface area contributed by atoms with Gasteiger partial charge in [0, 0.05) is 23.1 Å². The van der Waals surface area contributed by atoms with Crippen molar-refractivity contribution in [1.29, 1.82) is 0 Å². The number of para-hydroxylation sites is 2. The Balaban J connectivity index is 1.88. The number of aromatic nitrogens is 1. The van der Waals surface area contributed by atoms with E-state index in [1.54, 1.807) is 0 Å². The summed E-state index contributed by atoms with van der Waals surface area (Å²) >= 11 is 0. The van der Waals surface area contributed by atoms with E-state index in [-0.39, 0.29) is 0 Å². The molecule has 0 aliphatic carbocycles. The summed E-state index contributed by atoms with van der Waals surface area (Å²) in [5, 5.41) is 3.57. The standard InChI is InChI=1S/C23H20N2/c1-18-10-8-9-15-21(18)23-22(24-19-11-4-2-5-12-19)16-17-25(23)20-13-6-3-7-14-20/h2-17,24H,1H3. The van der Waals surface area contributed by atoms with Crippen LogP contribution in [-0.4, -0.2) is 4.57 Å². The summed E-state index contributed by atoms with van der Waals surface area (Å²) in [5.41, 5.74) is 7.01. The van der Waals surface area contributed by atoms with Crippen molar-refractivity contribution < 1.29 is 0 Å². The van der Waals surface area contributed by atoms with Crippen molar-refractivity contribution in [2.75, 3.05) is 5.32 Å². The van der Waals surface area contributed by atoms with Crippen molar-refractivity contribution in [3.05, 3.63) is 103 Å². The lowest BCUT2D eigenvalue weighted by Crippen LogP contribution is -1.99. The summed E-state index contributed by atoms with van der Waals surface area (Å²) < 4.78 is 2.24. The molecular weight excluding hydrogens is 304 g/mol. The number of hydrogen-bond acceptors (Lipinski definition) is 1. The summed E-state index contributed by atoms with van der Waals surface area (Å²) in [5.74, 6) is 0. The zero-order valence-electron chi connectivity index (χ0n) is 14.2. The highest BCUT2D eigenvalue weighted by Gasteiger charge is 2.14. The molecule has 0 spiro atoms. The van der Waals surface area contributed by atoms with Crippen molar-refractivity contribution in [3.63, 3.8) is 0 Å². The minimum atomic E-state index is 1.09. The topological polar surface area (TPSA) is 17.0 Å². The van der Waals surface area contributed by atoms with Crippen LogP contribution in [0.25, 0.3) is 16.9 Å². The Morgan fingerprint density at radius 1 is 0.680 bits per heavy atom. The molecule has 1 heterocycles. The number of rotatable bonds is 4.